The summed E-state index contributed by atoms with van der Waals surface area (Å²) in [6, 6.07) is -4.70. The molecule has 4 unspecified atom stereocenters. The first-order valence-corrected chi connectivity index (χ1v) is 10.2. The van der Waals surface area contributed by atoms with Crippen LogP contribution in [-0.2, 0) is 19.2 Å². The Kier molecular flexibility index (Phi) is 13.2. The lowest BCUT2D eigenvalue weighted by atomic mass is 10.0. The van der Waals surface area contributed by atoms with Crippen molar-refractivity contribution in [3.05, 3.63) is 0 Å². The zero-order valence-corrected chi connectivity index (χ0v) is 18.5. The summed E-state index contributed by atoms with van der Waals surface area (Å²) < 4.78 is 0. The molecule has 0 aliphatic heterocycles. The number of carbonyl (C=O) groups is 4. The molecule has 0 heterocycles. The highest BCUT2D eigenvalue weighted by Crippen LogP contribution is 2.04. The van der Waals surface area contributed by atoms with E-state index in [9.17, 15) is 24.3 Å². The predicted octanol–water partition coefficient (Wildman–Crippen LogP) is -3.52. The summed E-state index contributed by atoms with van der Waals surface area (Å²) in [7, 11) is 0. The molecule has 0 bridgehead atoms. The second-order valence-electron chi connectivity index (χ2n) is 7.11. The number of hydrogen-bond donors (Lipinski definition) is 9. The number of guanidine groups is 1. The third-order valence-corrected chi connectivity index (χ3v) is 4.58. The highest BCUT2D eigenvalue weighted by atomic mass is 32.1. The molecule has 0 aliphatic carbocycles. The Morgan fingerprint density at radius 3 is 1.94 bits per heavy atom. The number of nitrogens with two attached hydrogens (primary N) is 3. The molecule has 0 spiro atoms. The standard InChI is InChI=1S/C17H33N7O6S/c1-8(2)12(18)15(28)22-9(4-3-5-21-17(19)20)13(26)23-10(6-25)14(27)24-11(7-31)16(29)30/h8-12,25,31H,3-7,18H2,1-2H3,(H,22,28)(H,23,26)(H,24,27)(H,29,30)(H4,19,20,21). The van der Waals surface area contributed by atoms with Crippen LogP contribution in [0.1, 0.15) is 26.7 Å². The summed E-state index contributed by atoms with van der Waals surface area (Å²) in [6.45, 7) is 2.88. The fourth-order valence-corrected chi connectivity index (χ4v) is 2.51. The van der Waals surface area contributed by atoms with Gasteiger partial charge in [0, 0.05) is 12.3 Å². The van der Waals surface area contributed by atoms with Crippen molar-refractivity contribution in [3.8, 4) is 0 Å². The number of carboxylic acids is 1. The van der Waals surface area contributed by atoms with E-state index in [2.05, 4.69) is 33.6 Å². The van der Waals surface area contributed by atoms with Crippen LogP contribution in [-0.4, -0.2) is 82.9 Å². The van der Waals surface area contributed by atoms with Gasteiger partial charge < -0.3 is 43.4 Å². The molecule has 4 atom stereocenters. The Balaban J connectivity index is 5.27. The molecule has 0 aromatic rings. The molecule has 0 aliphatic rings. The van der Waals surface area contributed by atoms with Gasteiger partial charge in [-0.15, -0.1) is 0 Å². The molecule has 0 saturated heterocycles. The van der Waals surface area contributed by atoms with Crippen LogP contribution in [0.15, 0.2) is 4.99 Å². The number of carboxylic acid groups (broad SMARTS) is 1. The minimum absolute atomic E-state index is 0.118. The molecule has 0 aromatic heterocycles. The molecular weight excluding hydrogens is 430 g/mol. The first-order chi connectivity index (χ1) is 14.4. The highest BCUT2D eigenvalue weighted by molar-refractivity contribution is 7.80. The van der Waals surface area contributed by atoms with Crippen LogP contribution in [0.2, 0.25) is 0 Å². The minimum atomic E-state index is -1.44. The lowest BCUT2D eigenvalue weighted by Crippen LogP contribution is -2.58. The monoisotopic (exact) mass is 463 g/mol. The van der Waals surface area contributed by atoms with Gasteiger partial charge in [0.25, 0.3) is 0 Å². The molecule has 0 saturated carbocycles. The molecule has 0 rings (SSSR count). The molecule has 14 heteroatoms. The Hall–Kier alpha value is -2.58. The Labute approximate surface area is 186 Å². The van der Waals surface area contributed by atoms with Gasteiger partial charge in [-0.3, -0.25) is 19.4 Å². The number of nitrogens with zero attached hydrogens (tertiary/aromatic N) is 1. The third kappa shape index (κ3) is 10.8. The fourth-order valence-electron chi connectivity index (χ4n) is 2.27. The molecule has 13 nitrogen and oxygen atoms in total. The molecule has 178 valence electrons. The van der Waals surface area contributed by atoms with Gasteiger partial charge in [0.1, 0.15) is 18.1 Å². The average molecular weight is 464 g/mol. The summed E-state index contributed by atoms with van der Waals surface area (Å²) in [5, 5.41) is 25.4. The largest absolute Gasteiger partial charge is 0.480 e. The van der Waals surface area contributed by atoms with E-state index in [1.54, 1.807) is 13.8 Å². The lowest BCUT2D eigenvalue weighted by molar-refractivity contribution is -0.142. The van der Waals surface area contributed by atoms with Crippen molar-refractivity contribution in [2.75, 3.05) is 18.9 Å². The van der Waals surface area contributed by atoms with Gasteiger partial charge in [0.15, 0.2) is 5.96 Å². The first-order valence-electron chi connectivity index (χ1n) is 9.61. The van der Waals surface area contributed by atoms with E-state index in [-0.39, 0.29) is 30.6 Å². The number of thiol groups is 1. The molecule has 31 heavy (non-hydrogen) atoms. The van der Waals surface area contributed by atoms with Crippen LogP contribution < -0.4 is 33.2 Å². The van der Waals surface area contributed by atoms with E-state index in [1.807, 2.05) is 0 Å². The zero-order valence-electron chi connectivity index (χ0n) is 17.6. The van der Waals surface area contributed by atoms with Crippen LogP contribution in [0.25, 0.3) is 0 Å². The molecule has 0 radical (unpaired) electrons. The van der Waals surface area contributed by atoms with Gasteiger partial charge >= 0.3 is 5.97 Å². The lowest BCUT2D eigenvalue weighted by Gasteiger charge is -2.24. The van der Waals surface area contributed by atoms with Gasteiger partial charge in [-0.2, -0.15) is 12.6 Å². The number of aliphatic carboxylic acids is 1. The highest BCUT2D eigenvalue weighted by Gasteiger charge is 2.30. The van der Waals surface area contributed by atoms with Crippen LogP contribution in [0.5, 0.6) is 0 Å². The number of amides is 3. The van der Waals surface area contributed by atoms with E-state index in [0.29, 0.717) is 6.42 Å². The van der Waals surface area contributed by atoms with Gasteiger partial charge in [0.05, 0.1) is 12.6 Å². The number of hydrogen-bond acceptors (Lipinski definition) is 8. The topological polar surface area (TPSA) is 235 Å². The van der Waals surface area contributed by atoms with Gasteiger partial charge in [-0.05, 0) is 18.8 Å². The zero-order chi connectivity index (χ0) is 24.1. The van der Waals surface area contributed by atoms with E-state index in [4.69, 9.17) is 22.3 Å². The third-order valence-electron chi connectivity index (χ3n) is 4.21. The van der Waals surface area contributed by atoms with Crippen molar-refractivity contribution in [2.45, 2.75) is 50.9 Å². The number of rotatable bonds is 14. The molecule has 3 amide bonds. The fraction of sp³-hybridized carbons (Fsp3) is 0.706. The Morgan fingerprint density at radius 2 is 1.48 bits per heavy atom. The van der Waals surface area contributed by atoms with Crippen LogP contribution in [0.3, 0.4) is 0 Å². The first kappa shape index (κ1) is 28.4. The number of carbonyl (C=O) groups excluding carboxylic acids is 3. The maximum atomic E-state index is 12.7. The van der Waals surface area contributed by atoms with Crippen LogP contribution in [0.4, 0.5) is 0 Å². The normalized spacial score (nSPS) is 14.6. The minimum Gasteiger partial charge on any atom is -0.480 e. The summed E-state index contributed by atoms with van der Waals surface area (Å²) >= 11 is 3.83. The van der Waals surface area contributed by atoms with Gasteiger partial charge in [-0.25, -0.2) is 4.79 Å². The van der Waals surface area contributed by atoms with E-state index in [0.717, 1.165) is 0 Å². The second-order valence-corrected chi connectivity index (χ2v) is 7.47. The summed E-state index contributed by atoms with van der Waals surface area (Å²) in [5.74, 6) is -4.06. The number of nitrogens with one attached hydrogen (secondary N) is 3. The van der Waals surface area contributed by atoms with Crippen molar-refractivity contribution in [3.63, 3.8) is 0 Å². The van der Waals surface area contributed by atoms with Gasteiger partial charge in [-0.1, -0.05) is 13.8 Å². The Morgan fingerprint density at radius 1 is 0.968 bits per heavy atom. The number of aliphatic hydroxyl groups excluding tert-OH is 1. The maximum absolute atomic E-state index is 12.7. The summed E-state index contributed by atoms with van der Waals surface area (Å²) in [6.07, 6.45) is 0.442. The van der Waals surface area contributed by atoms with E-state index in [1.165, 1.54) is 0 Å². The van der Waals surface area contributed by atoms with Crippen LogP contribution >= 0.6 is 12.6 Å². The number of aliphatic imine (C=N–C) groups is 1. The number of aliphatic hydroxyl groups is 1. The van der Waals surface area contributed by atoms with Crippen molar-refractivity contribution < 1.29 is 29.4 Å². The molecular formula is C17H33N7O6S. The smallest absolute Gasteiger partial charge is 0.327 e. The Bertz CT molecular complexity index is 657. The summed E-state index contributed by atoms with van der Waals surface area (Å²) in [4.78, 5) is 52.1. The van der Waals surface area contributed by atoms with Crippen molar-refractivity contribution >= 4 is 42.3 Å². The van der Waals surface area contributed by atoms with Crippen LogP contribution in [0, 0.1) is 5.92 Å². The van der Waals surface area contributed by atoms with Crippen molar-refractivity contribution in [2.24, 2.45) is 28.1 Å². The van der Waals surface area contributed by atoms with Crippen molar-refractivity contribution in [1.82, 2.24) is 16.0 Å². The van der Waals surface area contributed by atoms with E-state index < -0.39 is 54.5 Å². The summed E-state index contributed by atoms with van der Waals surface area (Å²) in [5.41, 5.74) is 16.3. The van der Waals surface area contributed by atoms with Gasteiger partial charge in [0.2, 0.25) is 17.7 Å². The van der Waals surface area contributed by atoms with Crippen molar-refractivity contribution in [1.29, 1.82) is 0 Å². The quantitative estimate of drug-likeness (QED) is 0.0536. The van der Waals surface area contributed by atoms with E-state index >= 15 is 0 Å². The SMILES string of the molecule is CC(C)C(N)C(=O)NC(CCCN=C(N)N)C(=O)NC(CO)C(=O)NC(CS)C(=O)O. The second kappa shape index (κ2) is 14.4. The maximum Gasteiger partial charge on any atom is 0.327 e. The average Bonchev–Trinajstić information content (AvgIpc) is 2.70. The molecule has 0 aromatic carbocycles. The predicted molar refractivity (Wildman–Crippen MR) is 117 cm³/mol. The molecule has 11 N–H and O–H groups in total. The molecule has 0 fully saturated rings.